The van der Waals surface area contributed by atoms with Crippen LogP contribution < -0.4 is 5.32 Å². The molecule has 1 aromatic carbocycles. The van der Waals surface area contributed by atoms with E-state index in [2.05, 4.69) is 34.5 Å². The molecule has 0 bridgehead atoms. The molecule has 20 heavy (non-hydrogen) atoms. The van der Waals surface area contributed by atoms with E-state index in [1.165, 1.54) is 5.56 Å². The van der Waals surface area contributed by atoms with Gasteiger partial charge >= 0.3 is 0 Å². The van der Waals surface area contributed by atoms with Gasteiger partial charge in [0.15, 0.2) is 0 Å². The van der Waals surface area contributed by atoms with Crippen LogP contribution in [0.1, 0.15) is 24.8 Å². The number of carbonyl (C=O) groups excluding carboxylic acids is 1. The van der Waals surface area contributed by atoms with E-state index < -0.39 is 0 Å². The van der Waals surface area contributed by atoms with Gasteiger partial charge in [-0.15, -0.1) is 0 Å². The molecule has 4 heteroatoms. The van der Waals surface area contributed by atoms with E-state index >= 15 is 0 Å². The molecule has 0 spiro atoms. The standard InChI is InChI=1S/C16H24N2O2/c1-13(12-20-2)17-16(19)11-18-9-8-15(10-18)14-6-4-3-5-7-14/h3-7,13,15H,8-12H2,1-2H3,(H,17,19)/t13-,15+/m1/s1. The molecule has 1 N–H and O–H groups in total. The van der Waals surface area contributed by atoms with Gasteiger partial charge < -0.3 is 10.1 Å². The van der Waals surface area contributed by atoms with Crippen molar-refractivity contribution in [3.05, 3.63) is 35.9 Å². The lowest BCUT2D eigenvalue weighted by Gasteiger charge is -2.18. The van der Waals surface area contributed by atoms with Gasteiger partial charge in [0, 0.05) is 19.7 Å². The quantitative estimate of drug-likeness (QED) is 0.858. The van der Waals surface area contributed by atoms with Gasteiger partial charge in [0.2, 0.25) is 5.91 Å². The van der Waals surface area contributed by atoms with Crippen molar-refractivity contribution in [1.82, 2.24) is 10.2 Å². The molecular weight excluding hydrogens is 252 g/mol. The van der Waals surface area contributed by atoms with Gasteiger partial charge in [0.05, 0.1) is 13.2 Å². The number of carbonyl (C=O) groups is 1. The first-order chi connectivity index (χ1) is 9.69. The maximum atomic E-state index is 11.9. The Hall–Kier alpha value is -1.39. The van der Waals surface area contributed by atoms with Gasteiger partial charge in [-0.3, -0.25) is 9.69 Å². The number of hydrogen-bond donors (Lipinski definition) is 1. The third kappa shape index (κ3) is 4.32. The third-order valence-corrected chi connectivity index (χ3v) is 3.73. The van der Waals surface area contributed by atoms with Crippen LogP contribution in [0.4, 0.5) is 0 Å². The largest absolute Gasteiger partial charge is 0.383 e. The molecule has 0 saturated carbocycles. The molecule has 2 atom stereocenters. The molecule has 1 aliphatic heterocycles. The molecule has 0 aliphatic carbocycles. The number of hydrogen-bond acceptors (Lipinski definition) is 3. The maximum absolute atomic E-state index is 11.9. The van der Waals surface area contributed by atoms with Crippen LogP contribution in [-0.2, 0) is 9.53 Å². The minimum Gasteiger partial charge on any atom is -0.383 e. The zero-order chi connectivity index (χ0) is 14.4. The van der Waals surface area contributed by atoms with Gasteiger partial charge in [-0.2, -0.15) is 0 Å². The summed E-state index contributed by atoms with van der Waals surface area (Å²) in [4.78, 5) is 14.1. The Bertz CT molecular complexity index is 422. The first-order valence-electron chi connectivity index (χ1n) is 7.24. The van der Waals surface area contributed by atoms with Crippen molar-refractivity contribution in [3.8, 4) is 0 Å². The lowest BCUT2D eigenvalue weighted by molar-refractivity contribution is -0.122. The SMILES string of the molecule is COC[C@@H](C)NC(=O)CN1CC[C@H](c2ccccc2)C1. The Morgan fingerprint density at radius 2 is 2.20 bits per heavy atom. The van der Waals surface area contributed by atoms with E-state index in [-0.39, 0.29) is 11.9 Å². The first kappa shape index (κ1) is 15.0. The second kappa shape index (κ2) is 7.41. The number of likely N-dealkylation sites (tertiary alicyclic amines) is 1. The molecule has 110 valence electrons. The summed E-state index contributed by atoms with van der Waals surface area (Å²) >= 11 is 0. The molecule has 1 fully saturated rings. The van der Waals surface area contributed by atoms with Gasteiger partial charge in [0.25, 0.3) is 0 Å². The number of ether oxygens (including phenoxy) is 1. The average molecular weight is 276 g/mol. The number of amides is 1. The summed E-state index contributed by atoms with van der Waals surface area (Å²) in [6.07, 6.45) is 1.13. The van der Waals surface area contributed by atoms with E-state index in [1.807, 2.05) is 13.0 Å². The Labute approximate surface area is 121 Å². The zero-order valence-electron chi connectivity index (χ0n) is 12.3. The third-order valence-electron chi connectivity index (χ3n) is 3.73. The predicted octanol–water partition coefficient (Wildman–Crippen LogP) is 1.63. The van der Waals surface area contributed by atoms with E-state index in [1.54, 1.807) is 7.11 Å². The number of benzene rings is 1. The summed E-state index contributed by atoms with van der Waals surface area (Å²) in [7, 11) is 1.65. The van der Waals surface area contributed by atoms with Crippen molar-refractivity contribution in [2.24, 2.45) is 0 Å². The summed E-state index contributed by atoms with van der Waals surface area (Å²) in [6, 6.07) is 10.6. The van der Waals surface area contributed by atoms with Crippen molar-refractivity contribution >= 4 is 5.91 Å². The summed E-state index contributed by atoms with van der Waals surface area (Å²) in [5, 5.41) is 2.96. The Morgan fingerprint density at radius 3 is 2.90 bits per heavy atom. The fraction of sp³-hybridized carbons (Fsp3) is 0.562. The second-order valence-corrected chi connectivity index (χ2v) is 5.56. The topological polar surface area (TPSA) is 41.6 Å². The molecule has 4 nitrogen and oxygen atoms in total. The molecule has 1 aliphatic rings. The van der Waals surface area contributed by atoms with Crippen LogP contribution >= 0.6 is 0 Å². The van der Waals surface area contributed by atoms with Crippen molar-refractivity contribution < 1.29 is 9.53 Å². The molecular formula is C16H24N2O2. The molecule has 0 aromatic heterocycles. The normalized spacial score (nSPS) is 20.8. The van der Waals surface area contributed by atoms with E-state index in [9.17, 15) is 4.79 Å². The first-order valence-corrected chi connectivity index (χ1v) is 7.24. The Morgan fingerprint density at radius 1 is 1.45 bits per heavy atom. The van der Waals surface area contributed by atoms with Gasteiger partial charge in [0.1, 0.15) is 0 Å². The van der Waals surface area contributed by atoms with E-state index in [0.29, 0.717) is 19.1 Å². The van der Waals surface area contributed by atoms with Crippen LogP contribution in [0.25, 0.3) is 0 Å². The Balaban J connectivity index is 1.77. The van der Waals surface area contributed by atoms with E-state index in [0.717, 1.165) is 19.5 Å². The minimum absolute atomic E-state index is 0.0695. The molecule has 1 heterocycles. The fourth-order valence-electron chi connectivity index (χ4n) is 2.79. The smallest absolute Gasteiger partial charge is 0.234 e. The Kier molecular flexibility index (Phi) is 5.56. The molecule has 1 aromatic rings. The van der Waals surface area contributed by atoms with Crippen LogP contribution in [0.3, 0.4) is 0 Å². The highest BCUT2D eigenvalue weighted by Gasteiger charge is 2.25. The summed E-state index contributed by atoms with van der Waals surface area (Å²) in [5.41, 5.74) is 1.38. The van der Waals surface area contributed by atoms with Crippen LogP contribution in [0, 0.1) is 0 Å². The summed E-state index contributed by atoms with van der Waals surface area (Å²) < 4.78 is 5.02. The van der Waals surface area contributed by atoms with Gasteiger partial charge in [-0.05, 0) is 31.4 Å². The highest BCUT2D eigenvalue weighted by atomic mass is 16.5. The molecule has 0 radical (unpaired) electrons. The molecule has 0 unspecified atom stereocenters. The van der Waals surface area contributed by atoms with E-state index in [4.69, 9.17) is 4.74 Å². The van der Waals surface area contributed by atoms with Crippen LogP contribution in [-0.4, -0.2) is 50.2 Å². The second-order valence-electron chi connectivity index (χ2n) is 5.56. The van der Waals surface area contributed by atoms with Crippen molar-refractivity contribution in [2.45, 2.75) is 25.3 Å². The van der Waals surface area contributed by atoms with Gasteiger partial charge in [-0.1, -0.05) is 30.3 Å². The maximum Gasteiger partial charge on any atom is 0.234 e. The molecule has 2 rings (SSSR count). The monoisotopic (exact) mass is 276 g/mol. The number of nitrogens with zero attached hydrogens (tertiary/aromatic N) is 1. The lowest BCUT2D eigenvalue weighted by Crippen LogP contribution is -2.42. The zero-order valence-corrected chi connectivity index (χ0v) is 12.3. The average Bonchev–Trinajstić information content (AvgIpc) is 2.88. The summed E-state index contributed by atoms with van der Waals surface area (Å²) in [6.45, 7) is 4.95. The summed E-state index contributed by atoms with van der Waals surface area (Å²) in [5.74, 6) is 0.642. The highest BCUT2D eigenvalue weighted by Crippen LogP contribution is 2.26. The number of methoxy groups -OCH3 is 1. The predicted molar refractivity (Wildman–Crippen MR) is 79.7 cm³/mol. The molecule has 1 saturated heterocycles. The lowest BCUT2D eigenvalue weighted by atomic mass is 9.99. The van der Waals surface area contributed by atoms with Crippen LogP contribution in [0.5, 0.6) is 0 Å². The van der Waals surface area contributed by atoms with Crippen molar-refractivity contribution in [1.29, 1.82) is 0 Å². The highest BCUT2D eigenvalue weighted by molar-refractivity contribution is 5.78. The minimum atomic E-state index is 0.0695. The van der Waals surface area contributed by atoms with Crippen LogP contribution in [0.2, 0.25) is 0 Å². The number of rotatable bonds is 6. The van der Waals surface area contributed by atoms with Crippen molar-refractivity contribution in [3.63, 3.8) is 0 Å². The molecule has 1 amide bonds. The van der Waals surface area contributed by atoms with Crippen LogP contribution in [0.15, 0.2) is 30.3 Å². The number of nitrogens with one attached hydrogen (secondary N) is 1. The van der Waals surface area contributed by atoms with Gasteiger partial charge in [-0.25, -0.2) is 0 Å². The fourth-order valence-corrected chi connectivity index (χ4v) is 2.79. The van der Waals surface area contributed by atoms with Crippen molar-refractivity contribution in [2.75, 3.05) is 33.4 Å².